The predicted octanol–water partition coefficient (Wildman–Crippen LogP) is 5.14. The van der Waals surface area contributed by atoms with Crippen LogP contribution in [-0.2, 0) is 13.6 Å². The molecule has 0 aliphatic heterocycles. The summed E-state index contributed by atoms with van der Waals surface area (Å²) < 4.78 is 29.4. The molecule has 0 spiro atoms. The Balaban J connectivity index is 5.89. The molecular weight excluding hydrogens is 395 g/mol. The Hall–Kier alpha value is -3.93. The van der Waals surface area contributed by atoms with Gasteiger partial charge in [0, 0.05) is 6.05 Å². The van der Waals surface area contributed by atoms with Crippen molar-refractivity contribution in [3.63, 3.8) is 0 Å². The zero-order chi connectivity index (χ0) is 23.2. The molecule has 0 radical (unpaired) electrons. The van der Waals surface area contributed by atoms with Crippen LogP contribution in [0.1, 0.15) is 21.6 Å². The lowest BCUT2D eigenvalue weighted by molar-refractivity contribution is 0.141. The van der Waals surface area contributed by atoms with Crippen molar-refractivity contribution in [1.82, 2.24) is 0 Å². The van der Waals surface area contributed by atoms with Crippen LogP contribution in [0.3, 0.4) is 0 Å². The van der Waals surface area contributed by atoms with Crippen LogP contribution >= 0.6 is 7.82 Å². The van der Waals surface area contributed by atoms with E-state index >= 15 is 0 Å². The van der Waals surface area contributed by atoms with Gasteiger partial charge in [-0.05, 0) is 100 Å². The summed E-state index contributed by atoms with van der Waals surface area (Å²) in [7, 11) is -4.29. The van der Waals surface area contributed by atoms with Crippen LogP contribution < -0.4 is 0 Å². The monoisotopic (exact) mass is 414 g/mol. The van der Waals surface area contributed by atoms with E-state index in [-0.39, 0.29) is 12.7 Å². The molecule has 4 nitrogen and oxygen atoms in total. The van der Waals surface area contributed by atoms with Crippen LogP contribution in [0.25, 0.3) is 0 Å². The molecule has 0 saturated carbocycles. The SMILES string of the molecule is [3H]C(=C=C=C=C=C=C=C=C=C=C=C=C=C=C=C=C=C)C(/C=C/C)OP(=O)(O)OCCC. The van der Waals surface area contributed by atoms with Gasteiger partial charge in [0.15, 0.2) is 0 Å². The maximum absolute atomic E-state index is 11.8. The second-order valence-corrected chi connectivity index (χ2v) is 5.96. The van der Waals surface area contributed by atoms with Gasteiger partial charge in [-0.3, -0.25) is 9.05 Å². The highest BCUT2D eigenvalue weighted by Gasteiger charge is 2.23. The third-order valence-corrected chi connectivity index (χ3v) is 3.25. The van der Waals surface area contributed by atoms with E-state index in [2.05, 4.69) is 98.3 Å². The normalized spacial score (nSPS) is 11.0. The minimum Gasteiger partial charge on any atom is -0.302 e. The molecule has 30 heavy (non-hydrogen) atoms. The molecule has 0 aromatic rings. The molecule has 0 heterocycles. The zero-order valence-electron chi connectivity index (χ0n) is 17.5. The summed E-state index contributed by atoms with van der Waals surface area (Å²) in [4.78, 5) is 9.64. The summed E-state index contributed by atoms with van der Waals surface area (Å²) in [6, 6.07) is -0.256. The first kappa shape index (κ1) is 24.1. The van der Waals surface area contributed by atoms with Crippen molar-refractivity contribution in [1.29, 1.82) is 0 Å². The van der Waals surface area contributed by atoms with Crippen molar-refractivity contribution in [3.05, 3.63) is 116 Å². The summed E-state index contributed by atoms with van der Waals surface area (Å²) in [5.74, 6) is 0. The first-order valence-corrected chi connectivity index (χ1v) is 9.86. The maximum Gasteiger partial charge on any atom is 0.473 e. The average Bonchev–Trinajstić information content (AvgIpc) is 2.74. The van der Waals surface area contributed by atoms with Gasteiger partial charge in [0.25, 0.3) is 0 Å². The Labute approximate surface area is 177 Å². The molecule has 0 bridgehead atoms. The van der Waals surface area contributed by atoms with E-state index in [1.54, 1.807) is 19.9 Å². The number of allylic oxidation sites excluding steroid dienone is 1. The van der Waals surface area contributed by atoms with Gasteiger partial charge in [0.1, 0.15) is 6.10 Å². The predicted molar refractivity (Wildman–Crippen MR) is 112 cm³/mol. The molecule has 2 unspecified atom stereocenters. The van der Waals surface area contributed by atoms with E-state index in [1.807, 2.05) is 0 Å². The van der Waals surface area contributed by atoms with E-state index in [0.29, 0.717) is 6.42 Å². The number of phosphoric acid groups is 1. The van der Waals surface area contributed by atoms with E-state index in [0.717, 1.165) is 0 Å². The molecule has 0 amide bonds. The standard InChI is InChI=1S/C25H17O4P/c1-4-7-8-9-10-11-12-13-14-15-16-17-18-19-20-21-23-25(22-5-2)29-30(26,27)28-24-6-3/h5,22-23,25H,1,6,24H2,2-3H3,(H,26,27)/b22-5+/i23T. The van der Waals surface area contributed by atoms with Crippen LogP contribution in [0, 0.1) is 0 Å². The Bertz CT molecular complexity index is 1350. The molecule has 146 valence electrons. The van der Waals surface area contributed by atoms with Gasteiger partial charge in [0.05, 0.1) is 7.98 Å². The van der Waals surface area contributed by atoms with Crippen molar-refractivity contribution in [2.45, 2.75) is 26.4 Å². The van der Waals surface area contributed by atoms with Crippen LogP contribution in [-0.4, -0.2) is 17.6 Å². The van der Waals surface area contributed by atoms with Gasteiger partial charge >= 0.3 is 7.82 Å². The molecule has 2 atom stereocenters. The fourth-order valence-corrected chi connectivity index (χ4v) is 2.11. The zero-order valence-corrected chi connectivity index (χ0v) is 17.4. The highest BCUT2D eigenvalue weighted by Crippen LogP contribution is 2.44. The van der Waals surface area contributed by atoms with Crippen molar-refractivity contribution in [2.75, 3.05) is 6.61 Å². The first-order chi connectivity index (χ1) is 15.0. The van der Waals surface area contributed by atoms with Crippen LogP contribution in [0.4, 0.5) is 0 Å². The summed E-state index contributed by atoms with van der Waals surface area (Å²) >= 11 is 0. The van der Waals surface area contributed by atoms with Crippen molar-refractivity contribution in [2.24, 2.45) is 0 Å². The highest BCUT2D eigenvalue weighted by molar-refractivity contribution is 7.47. The third-order valence-electron chi connectivity index (χ3n) is 2.25. The van der Waals surface area contributed by atoms with Crippen molar-refractivity contribution >= 4 is 7.82 Å². The van der Waals surface area contributed by atoms with E-state index in [1.165, 1.54) is 6.08 Å². The van der Waals surface area contributed by atoms with Gasteiger partial charge in [0.2, 0.25) is 0 Å². The lowest BCUT2D eigenvalue weighted by atomic mass is 10.3. The van der Waals surface area contributed by atoms with Crippen molar-refractivity contribution in [3.8, 4) is 0 Å². The lowest BCUT2D eigenvalue weighted by Gasteiger charge is -2.14. The number of hydrogen-bond donors (Lipinski definition) is 1. The van der Waals surface area contributed by atoms with Gasteiger partial charge in [-0.25, -0.2) is 4.57 Å². The molecule has 0 rings (SSSR count). The van der Waals surface area contributed by atoms with Crippen molar-refractivity contribution < 1.29 is 19.9 Å². The second kappa shape index (κ2) is 18.4. The molecule has 0 aliphatic rings. The first-order valence-electron chi connectivity index (χ1n) is 8.87. The summed E-state index contributed by atoms with van der Waals surface area (Å²) in [5.41, 5.74) is 39.1. The molecule has 5 heteroatoms. The van der Waals surface area contributed by atoms with E-state index in [9.17, 15) is 9.46 Å². The quantitative estimate of drug-likeness (QED) is 0.356. The topological polar surface area (TPSA) is 55.8 Å². The number of phosphoric ester groups is 1. The van der Waals surface area contributed by atoms with Gasteiger partial charge in [-0.15, -0.1) is 0 Å². The summed E-state index contributed by atoms with van der Waals surface area (Å²) in [5, 5.41) is 0. The summed E-state index contributed by atoms with van der Waals surface area (Å²) in [6.07, 6.45) is 2.39. The Morgan fingerprint density at radius 2 is 1.43 bits per heavy atom. The average molecular weight is 414 g/mol. The molecule has 0 aromatic heterocycles. The Morgan fingerprint density at radius 3 is 1.87 bits per heavy atom. The molecular formula is C25H17O4P. The Morgan fingerprint density at radius 1 is 0.967 bits per heavy atom. The Kier molecular flexibility index (Phi) is 14.8. The third kappa shape index (κ3) is 17.5. The number of rotatable bonds is 7. The molecule has 0 saturated heterocycles. The van der Waals surface area contributed by atoms with Gasteiger partial charge in [-0.1, -0.05) is 30.5 Å². The smallest absolute Gasteiger partial charge is 0.302 e. The second-order valence-electron chi connectivity index (χ2n) is 4.55. The van der Waals surface area contributed by atoms with Crippen LogP contribution in [0.15, 0.2) is 116 Å². The fourth-order valence-electron chi connectivity index (χ4n) is 1.22. The van der Waals surface area contributed by atoms with E-state index in [4.69, 9.17) is 10.4 Å². The highest BCUT2D eigenvalue weighted by atomic mass is 31.2. The molecule has 0 aliphatic carbocycles. The van der Waals surface area contributed by atoms with Gasteiger partial charge < -0.3 is 4.89 Å². The minimum atomic E-state index is -4.29. The summed E-state index contributed by atoms with van der Waals surface area (Å²) in [6.45, 7) is 6.82. The van der Waals surface area contributed by atoms with Crippen LogP contribution in [0.2, 0.25) is 0 Å². The van der Waals surface area contributed by atoms with Crippen LogP contribution in [0.5, 0.6) is 0 Å². The lowest BCUT2D eigenvalue weighted by Crippen LogP contribution is -2.06. The number of hydrogen-bond acceptors (Lipinski definition) is 3. The molecule has 1 N–H and O–H groups in total. The largest absolute Gasteiger partial charge is 0.473 e. The molecule has 0 fully saturated rings. The maximum atomic E-state index is 11.8. The fraction of sp³-hybridized carbons (Fsp3) is 0.200. The van der Waals surface area contributed by atoms with E-state index < -0.39 is 13.9 Å². The van der Waals surface area contributed by atoms with Gasteiger partial charge in [-0.2, -0.15) is 0 Å². The molecule has 0 aromatic carbocycles. The minimum absolute atomic E-state index is 0.0584.